The molecule has 0 heterocycles. The maximum Gasteiger partial charge on any atom is 0.306 e. The van der Waals surface area contributed by atoms with Gasteiger partial charge in [-0.2, -0.15) is 0 Å². The molecule has 3 rings (SSSR count). The summed E-state index contributed by atoms with van der Waals surface area (Å²) in [7, 11) is 0. The van der Waals surface area contributed by atoms with Crippen molar-refractivity contribution < 1.29 is 14.3 Å². The third kappa shape index (κ3) is 9.67. The first-order valence-electron chi connectivity index (χ1n) is 14.7. The van der Waals surface area contributed by atoms with Crippen LogP contribution in [-0.4, -0.2) is 12.6 Å². The van der Waals surface area contributed by atoms with Crippen LogP contribution in [0, 0.1) is 0 Å². The monoisotopic (exact) mass is 514 g/mol. The summed E-state index contributed by atoms with van der Waals surface area (Å²) >= 11 is 0. The minimum atomic E-state index is -0.248. The third-order valence-electron chi connectivity index (χ3n) is 7.09. The molecule has 0 saturated carbocycles. The van der Waals surface area contributed by atoms with E-state index in [0.717, 1.165) is 42.7 Å². The van der Waals surface area contributed by atoms with Crippen molar-refractivity contribution in [2.24, 2.45) is 0 Å². The molecule has 3 aromatic rings. The second-order valence-electron chi connectivity index (χ2n) is 10.3. The summed E-state index contributed by atoms with van der Waals surface area (Å²) in [5.41, 5.74) is 5.69. The van der Waals surface area contributed by atoms with Crippen molar-refractivity contribution in [3.8, 4) is 28.0 Å². The highest BCUT2D eigenvalue weighted by atomic mass is 16.5. The lowest BCUT2D eigenvalue weighted by Crippen LogP contribution is -2.08. The molecule has 204 valence electrons. The minimum Gasteiger partial charge on any atom is -0.494 e. The molecule has 38 heavy (non-hydrogen) atoms. The quantitative estimate of drug-likeness (QED) is 0.133. The molecule has 3 aromatic carbocycles. The van der Waals surface area contributed by atoms with Crippen molar-refractivity contribution in [3.63, 3.8) is 0 Å². The van der Waals surface area contributed by atoms with Crippen molar-refractivity contribution in [1.82, 2.24) is 0 Å². The Balaban J connectivity index is 1.55. The fourth-order valence-electron chi connectivity index (χ4n) is 4.72. The van der Waals surface area contributed by atoms with E-state index in [1.807, 2.05) is 6.92 Å². The molecule has 0 amide bonds. The Morgan fingerprint density at radius 3 is 1.76 bits per heavy atom. The maximum atomic E-state index is 12.0. The van der Waals surface area contributed by atoms with E-state index < -0.39 is 0 Å². The predicted molar refractivity (Wildman–Crippen MR) is 159 cm³/mol. The van der Waals surface area contributed by atoms with E-state index in [-0.39, 0.29) is 12.1 Å². The zero-order chi connectivity index (χ0) is 27.0. The van der Waals surface area contributed by atoms with Crippen LogP contribution >= 0.6 is 0 Å². The van der Waals surface area contributed by atoms with Gasteiger partial charge in [0.25, 0.3) is 0 Å². The Morgan fingerprint density at radius 2 is 1.18 bits per heavy atom. The van der Waals surface area contributed by atoms with Gasteiger partial charge < -0.3 is 9.47 Å². The molecule has 1 atom stereocenters. The molecule has 0 bridgehead atoms. The summed E-state index contributed by atoms with van der Waals surface area (Å²) in [4.78, 5) is 12.0. The van der Waals surface area contributed by atoms with Gasteiger partial charge in [0.05, 0.1) is 6.61 Å². The van der Waals surface area contributed by atoms with Crippen LogP contribution in [0.25, 0.3) is 22.3 Å². The molecule has 1 unspecified atom stereocenters. The summed E-state index contributed by atoms with van der Waals surface area (Å²) in [6, 6.07) is 25.3. The lowest BCUT2D eigenvalue weighted by Gasteiger charge is -2.15. The SMILES string of the molecule is CCCCCCCCCCOc1ccc(-c2ccccc2-c2ccc(C(C)OC(=O)CCCC)cc2)cc1. The Morgan fingerprint density at radius 1 is 0.658 bits per heavy atom. The fourth-order valence-corrected chi connectivity index (χ4v) is 4.72. The number of hydrogen-bond acceptors (Lipinski definition) is 3. The van der Waals surface area contributed by atoms with Crippen LogP contribution in [0.3, 0.4) is 0 Å². The summed E-state index contributed by atoms with van der Waals surface area (Å²) in [5.74, 6) is 0.806. The maximum absolute atomic E-state index is 12.0. The largest absolute Gasteiger partial charge is 0.494 e. The predicted octanol–water partition coefficient (Wildman–Crippen LogP) is 10.3. The summed E-state index contributed by atoms with van der Waals surface area (Å²) in [6.45, 7) is 7.06. The topological polar surface area (TPSA) is 35.5 Å². The first-order chi connectivity index (χ1) is 18.6. The van der Waals surface area contributed by atoms with Crippen molar-refractivity contribution in [2.75, 3.05) is 6.61 Å². The lowest BCUT2D eigenvalue weighted by atomic mass is 9.94. The second-order valence-corrected chi connectivity index (χ2v) is 10.3. The Bertz CT molecular complexity index is 1070. The Labute approximate surface area is 230 Å². The van der Waals surface area contributed by atoms with Gasteiger partial charge in [-0.15, -0.1) is 0 Å². The minimum absolute atomic E-state index is 0.126. The van der Waals surface area contributed by atoms with Gasteiger partial charge in [-0.3, -0.25) is 4.79 Å². The molecule has 0 spiro atoms. The van der Waals surface area contributed by atoms with Gasteiger partial charge in [0.1, 0.15) is 11.9 Å². The number of esters is 1. The van der Waals surface area contributed by atoms with Gasteiger partial charge in [0.15, 0.2) is 0 Å². The van der Waals surface area contributed by atoms with Gasteiger partial charge in [-0.1, -0.05) is 126 Å². The highest BCUT2D eigenvalue weighted by molar-refractivity contribution is 5.83. The van der Waals surface area contributed by atoms with Crippen LogP contribution in [0.4, 0.5) is 0 Å². The zero-order valence-corrected chi connectivity index (χ0v) is 23.7. The molecule has 0 N–H and O–H groups in total. The second kappa shape index (κ2) is 16.7. The van der Waals surface area contributed by atoms with Crippen molar-refractivity contribution >= 4 is 5.97 Å². The summed E-state index contributed by atoms with van der Waals surface area (Å²) in [6.07, 6.45) is 12.5. The van der Waals surface area contributed by atoms with Crippen LogP contribution in [0.15, 0.2) is 72.8 Å². The van der Waals surface area contributed by atoms with Crippen LogP contribution < -0.4 is 4.74 Å². The molecule has 0 radical (unpaired) electrons. The van der Waals surface area contributed by atoms with Crippen LogP contribution in [-0.2, 0) is 9.53 Å². The van der Waals surface area contributed by atoms with E-state index >= 15 is 0 Å². The summed E-state index contributed by atoms with van der Waals surface area (Å²) in [5, 5.41) is 0. The van der Waals surface area contributed by atoms with E-state index in [1.165, 1.54) is 61.6 Å². The van der Waals surface area contributed by atoms with E-state index in [9.17, 15) is 4.79 Å². The van der Waals surface area contributed by atoms with Gasteiger partial charge in [0, 0.05) is 6.42 Å². The molecule has 0 fully saturated rings. The number of carbonyl (C=O) groups excluding carboxylic acids is 1. The molecular weight excluding hydrogens is 468 g/mol. The molecule has 3 nitrogen and oxygen atoms in total. The number of unbranched alkanes of at least 4 members (excludes halogenated alkanes) is 8. The molecule has 3 heteroatoms. The van der Waals surface area contributed by atoms with Crippen molar-refractivity contribution in [3.05, 3.63) is 78.4 Å². The zero-order valence-electron chi connectivity index (χ0n) is 23.7. The Hall–Kier alpha value is -3.07. The highest BCUT2D eigenvalue weighted by Gasteiger charge is 2.13. The fraction of sp³-hybridized carbons (Fsp3) is 0.457. The van der Waals surface area contributed by atoms with Crippen molar-refractivity contribution in [1.29, 1.82) is 0 Å². The number of benzene rings is 3. The van der Waals surface area contributed by atoms with Crippen LogP contribution in [0.1, 0.15) is 103 Å². The van der Waals surface area contributed by atoms with Gasteiger partial charge >= 0.3 is 5.97 Å². The number of carbonyl (C=O) groups is 1. The van der Waals surface area contributed by atoms with Crippen molar-refractivity contribution in [2.45, 2.75) is 97.5 Å². The third-order valence-corrected chi connectivity index (χ3v) is 7.09. The average Bonchev–Trinajstić information content (AvgIpc) is 2.95. The van der Waals surface area contributed by atoms with Gasteiger partial charge in [0.2, 0.25) is 0 Å². The van der Waals surface area contributed by atoms with E-state index in [1.54, 1.807) is 0 Å². The van der Waals surface area contributed by atoms with E-state index in [0.29, 0.717) is 6.42 Å². The van der Waals surface area contributed by atoms with Crippen LogP contribution in [0.2, 0.25) is 0 Å². The first-order valence-corrected chi connectivity index (χ1v) is 14.7. The summed E-state index contributed by atoms with van der Waals surface area (Å²) < 4.78 is 11.6. The average molecular weight is 515 g/mol. The standard InChI is InChI=1S/C35H46O3/c1-4-6-8-9-10-11-12-15-27-37-32-25-23-31(24-26-32)34-17-14-13-16-33(34)30-21-19-29(20-22-30)28(3)38-35(36)18-7-5-2/h13-14,16-17,19-26,28H,4-12,15,18,27H2,1-3H3. The molecular formula is C35H46O3. The van der Waals surface area contributed by atoms with Gasteiger partial charge in [-0.05, 0) is 59.7 Å². The number of ether oxygens (including phenoxy) is 2. The normalized spacial score (nSPS) is 11.8. The number of hydrogen-bond donors (Lipinski definition) is 0. The molecule has 0 aromatic heterocycles. The van der Waals surface area contributed by atoms with E-state index in [2.05, 4.69) is 86.6 Å². The lowest BCUT2D eigenvalue weighted by molar-refractivity contribution is -0.148. The molecule has 0 aliphatic heterocycles. The Kier molecular flexibility index (Phi) is 13.0. The smallest absolute Gasteiger partial charge is 0.306 e. The van der Waals surface area contributed by atoms with E-state index in [4.69, 9.17) is 9.47 Å². The highest BCUT2D eigenvalue weighted by Crippen LogP contribution is 2.33. The first kappa shape index (κ1) is 29.5. The molecule has 0 aliphatic rings. The van der Waals surface area contributed by atoms with Gasteiger partial charge in [-0.25, -0.2) is 0 Å². The molecule has 0 aliphatic carbocycles. The van der Waals surface area contributed by atoms with Crippen LogP contribution in [0.5, 0.6) is 5.75 Å². The number of rotatable bonds is 17. The molecule has 0 saturated heterocycles.